The summed E-state index contributed by atoms with van der Waals surface area (Å²) in [6, 6.07) is 4.31. The maximum atomic E-state index is 9.47. The first-order valence-electron chi connectivity index (χ1n) is 8.27. The highest BCUT2D eigenvalue weighted by Crippen LogP contribution is 2.31. The van der Waals surface area contributed by atoms with Crippen LogP contribution in [-0.4, -0.2) is 44.8 Å². The van der Waals surface area contributed by atoms with E-state index in [9.17, 15) is 5.26 Å². The van der Waals surface area contributed by atoms with E-state index in [1.54, 1.807) is 6.20 Å². The Morgan fingerprint density at radius 1 is 1.29 bits per heavy atom. The van der Waals surface area contributed by atoms with Gasteiger partial charge in [0, 0.05) is 30.9 Å². The number of aromatic nitrogens is 4. The average Bonchev–Trinajstić information content (AvgIpc) is 3.06. The second kappa shape index (κ2) is 6.97. The molecule has 7 nitrogen and oxygen atoms in total. The molecule has 7 heteroatoms. The SMILES string of the molecule is Cc1nnc(N2CCC(c3ccnn3CCO)CC2)c(C#N)c1C. The minimum absolute atomic E-state index is 0.0945. The van der Waals surface area contributed by atoms with E-state index in [-0.39, 0.29) is 6.61 Å². The first kappa shape index (κ1) is 16.4. The molecular formula is C17H22N6O. The number of hydrogen-bond donors (Lipinski definition) is 1. The molecule has 0 radical (unpaired) electrons. The topological polar surface area (TPSA) is 90.9 Å². The van der Waals surface area contributed by atoms with Gasteiger partial charge in [0.2, 0.25) is 0 Å². The Bertz CT molecular complexity index is 755. The van der Waals surface area contributed by atoms with Crippen LogP contribution in [0.1, 0.15) is 41.3 Å². The summed E-state index contributed by atoms with van der Waals surface area (Å²) in [6.45, 7) is 6.09. The van der Waals surface area contributed by atoms with Crippen molar-refractivity contribution in [1.29, 1.82) is 5.26 Å². The van der Waals surface area contributed by atoms with Crippen molar-refractivity contribution in [2.75, 3.05) is 24.6 Å². The van der Waals surface area contributed by atoms with Crippen molar-refractivity contribution >= 4 is 5.82 Å². The lowest BCUT2D eigenvalue weighted by Crippen LogP contribution is -2.35. The van der Waals surface area contributed by atoms with Gasteiger partial charge in [-0.25, -0.2) is 0 Å². The highest BCUT2D eigenvalue weighted by Gasteiger charge is 2.26. The van der Waals surface area contributed by atoms with Gasteiger partial charge in [-0.2, -0.15) is 15.5 Å². The third-order valence-corrected chi connectivity index (χ3v) is 4.82. The third kappa shape index (κ3) is 2.97. The van der Waals surface area contributed by atoms with Crippen LogP contribution in [0.4, 0.5) is 5.82 Å². The minimum atomic E-state index is 0.0945. The average molecular weight is 326 g/mol. The zero-order chi connectivity index (χ0) is 17.1. The summed E-state index contributed by atoms with van der Waals surface area (Å²) in [6.07, 6.45) is 3.73. The molecule has 0 bridgehead atoms. The summed E-state index contributed by atoms with van der Waals surface area (Å²) < 4.78 is 1.89. The number of aliphatic hydroxyl groups excluding tert-OH is 1. The Kier molecular flexibility index (Phi) is 4.76. The Labute approximate surface area is 141 Å². The highest BCUT2D eigenvalue weighted by atomic mass is 16.3. The van der Waals surface area contributed by atoms with Crippen LogP contribution in [0, 0.1) is 25.2 Å². The number of nitrogens with zero attached hydrogens (tertiary/aromatic N) is 6. The van der Waals surface area contributed by atoms with E-state index in [1.165, 1.54) is 5.69 Å². The van der Waals surface area contributed by atoms with Crippen LogP contribution in [0.2, 0.25) is 0 Å². The molecule has 1 aliphatic rings. The molecule has 0 saturated carbocycles. The molecule has 1 N–H and O–H groups in total. The van der Waals surface area contributed by atoms with Crippen LogP contribution in [0.15, 0.2) is 12.3 Å². The van der Waals surface area contributed by atoms with Crippen LogP contribution in [-0.2, 0) is 6.54 Å². The van der Waals surface area contributed by atoms with E-state index >= 15 is 0 Å². The van der Waals surface area contributed by atoms with Gasteiger partial charge >= 0.3 is 0 Å². The van der Waals surface area contributed by atoms with Gasteiger partial charge in [0.15, 0.2) is 5.82 Å². The molecule has 0 aliphatic carbocycles. The predicted octanol–water partition coefficient (Wildman–Crippen LogP) is 1.54. The fraction of sp³-hybridized carbons (Fsp3) is 0.529. The van der Waals surface area contributed by atoms with Crippen molar-refractivity contribution < 1.29 is 5.11 Å². The summed E-state index contributed by atoms with van der Waals surface area (Å²) in [5, 5.41) is 31.4. The first-order chi connectivity index (χ1) is 11.7. The van der Waals surface area contributed by atoms with Gasteiger partial charge in [0.1, 0.15) is 11.6 Å². The third-order valence-electron chi connectivity index (χ3n) is 4.82. The van der Waals surface area contributed by atoms with Crippen LogP contribution in [0.25, 0.3) is 0 Å². The van der Waals surface area contributed by atoms with Crippen molar-refractivity contribution in [3.8, 4) is 6.07 Å². The monoisotopic (exact) mass is 326 g/mol. The second-order valence-electron chi connectivity index (χ2n) is 6.18. The fourth-order valence-electron chi connectivity index (χ4n) is 3.31. The Hall–Kier alpha value is -2.46. The molecule has 0 spiro atoms. The van der Waals surface area contributed by atoms with Gasteiger partial charge in [0.05, 0.1) is 18.8 Å². The number of nitriles is 1. The van der Waals surface area contributed by atoms with E-state index in [1.807, 2.05) is 24.6 Å². The molecule has 3 rings (SSSR count). The standard InChI is InChI=1S/C17H22N6O/c1-12-13(2)20-21-17(15(12)11-18)22-7-4-14(5-8-22)16-3-6-19-23(16)9-10-24/h3,6,14,24H,4-5,7-10H2,1-2H3. The zero-order valence-electron chi connectivity index (χ0n) is 14.1. The maximum Gasteiger partial charge on any atom is 0.169 e. The van der Waals surface area contributed by atoms with E-state index in [2.05, 4.69) is 26.3 Å². The Balaban J connectivity index is 1.75. The lowest BCUT2D eigenvalue weighted by atomic mass is 9.93. The molecule has 2 aromatic rings. The van der Waals surface area contributed by atoms with E-state index in [4.69, 9.17) is 5.11 Å². The minimum Gasteiger partial charge on any atom is -0.394 e. The molecular weight excluding hydrogens is 304 g/mol. The maximum absolute atomic E-state index is 9.47. The second-order valence-corrected chi connectivity index (χ2v) is 6.18. The van der Waals surface area contributed by atoms with Crippen molar-refractivity contribution in [2.24, 2.45) is 0 Å². The van der Waals surface area contributed by atoms with Crippen molar-refractivity contribution in [1.82, 2.24) is 20.0 Å². The Morgan fingerprint density at radius 3 is 2.71 bits per heavy atom. The summed E-state index contributed by atoms with van der Waals surface area (Å²) in [4.78, 5) is 2.15. The van der Waals surface area contributed by atoms with Gasteiger partial charge < -0.3 is 10.0 Å². The van der Waals surface area contributed by atoms with Crippen molar-refractivity contribution in [3.63, 3.8) is 0 Å². The number of piperidine rings is 1. The molecule has 0 atom stereocenters. The van der Waals surface area contributed by atoms with Crippen LogP contribution < -0.4 is 4.90 Å². The lowest BCUT2D eigenvalue weighted by Gasteiger charge is -2.33. The number of hydrogen-bond acceptors (Lipinski definition) is 6. The number of aliphatic hydroxyl groups is 1. The summed E-state index contributed by atoms with van der Waals surface area (Å²) in [5.41, 5.74) is 3.52. The molecule has 24 heavy (non-hydrogen) atoms. The Morgan fingerprint density at radius 2 is 2.04 bits per heavy atom. The largest absolute Gasteiger partial charge is 0.394 e. The van der Waals surface area contributed by atoms with Gasteiger partial charge in [0.25, 0.3) is 0 Å². The molecule has 0 unspecified atom stereocenters. The molecule has 3 heterocycles. The summed E-state index contributed by atoms with van der Waals surface area (Å²) >= 11 is 0. The van der Waals surface area contributed by atoms with E-state index < -0.39 is 0 Å². The smallest absolute Gasteiger partial charge is 0.169 e. The zero-order valence-corrected chi connectivity index (χ0v) is 14.1. The molecule has 2 aromatic heterocycles. The number of aryl methyl sites for hydroxylation is 1. The van der Waals surface area contributed by atoms with Gasteiger partial charge in [-0.15, -0.1) is 5.10 Å². The van der Waals surface area contributed by atoms with E-state index in [0.717, 1.165) is 37.2 Å². The number of rotatable bonds is 4. The van der Waals surface area contributed by atoms with E-state index in [0.29, 0.717) is 23.8 Å². The lowest BCUT2D eigenvalue weighted by molar-refractivity contribution is 0.265. The highest BCUT2D eigenvalue weighted by molar-refractivity contribution is 5.57. The van der Waals surface area contributed by atoms with Crippen molar-refractivity contribution in [2.45, 2.75) is 39.2 Å². The summed E-state index contributed by atoms with van der Waals surface area (Å²) in [5.74, 6) is 1.11. The molecule has 1 saturated heterocycles. The van der Waals surface area contributed by atoms with Gasteiger partial charge in [-0.05, 0) is 38.3 Å². The normalized spacial score (nSPS) is 15.5. The van der Waals surface area contributed by atoms with Crippen LogP contribution in [0.3, 0.4) is 0 Å². The van der Waals surface area contributed by atoms with Gasteiger partial charge in [-0.3, -0.25) is 4.68 Å². The number of anilines is 1. The summed E-state index contributed by atoms with van der Waals surface area (Å²) in [7, 11) is 0. The molecule has 0 amide bonds. The molecule has 1 aliphatic heterocycles. The molecule has 0 aromatic carbocycles. The van der Waals surface area contributed by atoms with Crippen LogP contribution >= 0.6 is 0 Å². The predicted molar refractivity (Wildman–Crippen MR) is 89.7 cm³/mol. The first-order valence-corrected chi connectivity index (χ1v) is 8.27. The van der Waals surface area contributed by atoms with Gasteiger partial charge in [-0.1, -0.05) is 0 Å². The van der Waals surface area contributed by atoms with Crippen molar-refractivity contribution in [3.05, 3.63) is 34.8 Å². The fourth-order valence-corrected chi connectivity index (χ4v) is 3.31. The molecule has 1 fully saturated rings. The quantitative estimate of drug-likeness (QED) is 0.916. The van der Waals surface area contributed by atoms with Crippen LogP contribution in [0.5, 0.6) is 0 Å². The molecule has 126 valence electrons.